The van der Waals surface area contributed by atoms with Crippen molar-refractivity contribution in [3.8, 4) is 0 Å². The molecule has 0 fully saturated rings. The van der Waals surface area contributed by atoms with E-state index in [-0.39, 0.29) is 28.7 Å². The molecule has 30 heavy (non-hydrogen) atoms. The average Bonchev–Trinajstić information content (AvgIpc) is 2.66. The number of rotatable bonds is 5. The summed E-state index contributed by atoms with van der Waals surface area (Å²) in [6, 6.07) is 9.46. The van der Waals surface area contributed by atoms with Crippen molar-refractivity contribution in [3.05, 3.63) is 69.4 Å². The minimum absolute atomic E-state index is 0.00973. The number of aliphatic hydroxyl groups is 1. The molecule has 2 atom stereocenters. The zero-order chi connectivity index (χ0) is 22.1. The molecule has 0 bridgehead atoms. The lowest BCUT2D eigenvalue weighted by Crippen LogP contribution is -2.32. The Morgan fingerprint density at radius 1 is 1.20 bits per heavy atom. The summed E-state index contributed by atoms with van der Waals surface area (Å²) in [6.07, 6.45) is -4.81. The fourth-order valence-electron chi connectivity index (χ4n) is 3.00. The summed E-state index contributed by atoms with van der Waals surface area (Å²) < 4.78 is 43.5. The third-order valence-electron chi connectivity index (χ3n) is 4.68. The average molecular weight is 477 g/mol. The van der Waals surface area contributed by atoms with Crippen molar-refractivity contribution in [2.24, 2.45) is 5.92 Å². The maximum Gasteiger partial charge on any atom is 0.416 e. The van der Waals surface area contributed by atoms with Crippen molar-refractivity contribution in [1.82, 2.24) is 0 Å². The third kappa shape index (κ3) is 5.25. The van der Waals surface area contributed by atoms with E-state index in [1.807, 2.05) is 6.92 Å². The summed E-state index contributed by atoms with van der Waals surface area (Å²) in [6.45, 7) is 1.85. The molecule has 0 saturated heterocycles. The molecule has 0 radical (unpaired) electrons. The van der Waals surface area contributed by atoms with Crippen LogP contribution in [0, 0.1) is 5.92 Å². The molecule has 2 unspecified atom stereocenters. The van der Waals surface area contributed by atoms with Crippen molar-refractivity contribution in [2.45, 2.75) is 30.5 Å². The van der Waals surface area contributed by atoms with Crippen molar-refractivity contribution in [1.29, 1.82) is 0 Å². The SMILES string of the molecule is CC(CSc1ccc(C(F)(F)F)cc1)C1CC(O)=C(c2ccc(Cl)cc2Cl)C(=O)O1. The highest BCUT2D eigenvalue weighted by atomic mass is 35.5. The lowest BCUT2D eigenvalue weighted by Gasteiger charge is -2.29. The van der Waals surface area contributed by atoms with Gasteiger partial charge in [0.25, 0.3) is 0 Å². The number of aliphatic hydroxyl groups excluding tert-OH is 1. The Hall–Kier alpha value is -1.83. The molecule has 1 aliphatic rings. The second-order valence-electron chi connectivity index (χ2n) is 6.90. The summed E-state index contributed by atoms with van der Waals surface area (Å²) in [5.41, 5.74) is -0.353. The molecule has 9 heteroatoms. The molecule has 0 spiro atoms. The van der Waals surface area contributed by atoms with Crippen molar-refractivity contribution in [2.75, 3.05) is 5.75 Å². The Morgan fingerprint density at radius 2 is 1.87 bits per heavy atom. The van der Waals surface area contributed by atoms with E-state index in [9.17, 15) is 23.1 Å². The smallest absolute Gasteiger partial charge is 0.416 e. The van der Waals surface area contributed by atoms with Crippen LogP contribution in [0.4, 0.5) is 13.2 Å². The maximum absolute atomic E-state index is 12.7. The summed E-state index contributed by atoms with van der Waals surface area (Å²) in [5.74, 6) is -0.454. The minimum atomic E-state index is -4.37. The molecule has 1 N–H and O–H groups in total. The Kier molecular flexibility index (Phi) is 6.95. The number of halogens is 5. The Labute approximate surface area is 185 Å². The Bertz CT molecular complexity index is 974. The van der Waals surface area contributed by atoms with Crippen LogP contribution < -0.4 is 0 Å². The standard InChI is InChI=1S/C21H17Cl2F3O3S/c1-11(10-30-14-5-2-12(3-6-14)21(24,25)26)18-9-17(27)19(20(28)29-18)15-7-4-13(22)8-16(15)23/h2-8,11,18,27H,9-10H2,1H3. The number of carbonyl (C=O) groups is 1. The van der Waals surface area contributed by atoms with Gasteiger partial charge in [-0.3, -0.25) is 0 Å². The van der Waals surface area contributed by atoms with Crippen LogP contribution in [0.3, 0.4) is 0 Å². The second kappa shape index (κ2) is 9.12. The monoisotopic (exact) mass is 476 g/mol. The van der Waals surface area contributed by atoms with Crippen molar-refractivity contribution in [3.63, 3.8) is 0 Å². The van der Waals surface area contributed by atoms with Crippen molar-refractivity contribution >= 4 is 46.5 Å². The van der Waals surface area contributed by atoms with Crippen LogP contribution in [0.2, 0.25) is 10.0 Å². The molecule has 3 rings (SSSR count). The van der Waals surface area contributed by atoms with E-state index in [4.69, 9.17) is 27.9 Å². The molecule has 0 amide bonds. The molecule has 1 heterocycles. The second-order valence-corrected chi connectivity index (χ2v) is 8.84. The molecule has 2 aromatic carbocycles. The van der Waals surface area contributed by atoms with Crippen LogP contribution in [0.5, 0.6) is 0 Å². The number of hydrogen-bond donors (Lipinski definition) is 1. The summed E-state index contributed by atoms with van der Waals surface area (Å²) in [4.78, 5) is 13.2. The van der Waals surface area contributed by atoms with Crippen LogP contribution in [-0.4, -0.2) is 22.9 Å². The number of alkyl halides is 3. The lowest BCUT2D eigenvalue weighted by molar-refractivity contribution is -0.145. The quantitative estimate of drug-likeness (QED) is 0.371. The topological polar surface area (TPSA) is 46.5 Å². The number of ether oxygens (including phenoxy) is 1. The van der Waals surface area contributed by atoms with E-state index in [2.05, 4.69) is 0 Å². The van der Waals surface area contributed by atoms with Gasteiger partial charge in [-0.15, -0.1) is 11.8 Å². The van der Waals surface area contributed by atoms with E-state index >= 15 is 0 Å². The highest BCUT2D eigenvalue weighted by molar-refractivity contribution is 7.99. The summed E-state index contributed by atoms with van der Waals surface area (Å²) in [7, 11) is 0. The molecule has 0 saturated carbocycles. The normalized spacial score (nSPS) is 18.3. The van der Waals surface area contributed by atoms with Gasteiger partial charge in [-0.05, 0) is 36.4 Å². The Morgan fingerprint density at radius 3 is 2.43 bits per heavy atom. The predicted molar refractivity (Wildman–Crippen MR) is 112 cm³/mol. The van der Waals surface area contributed by atoms with Crippen molar-refractivity contribution < 1.29 is 27.8 Å². The van der Waals surface area contributed by atoms with Crippen LogP contribution in [0.1, 0.15) is 24.5 Å². The van der Waals surface area contributed by atoms with Crippen LogP contribution in [0.25, 0.3) is 5.57 Å². The molecule has 160 valence electrons. The first-order valence-electron chi connectivity index (χ1n) is 8.95. The van der Waals surface area contributed by atoms with Gasteiger partial charge in [-0.2, -0.15) is 13.2 Å². The molecule has 1 aliphatic heterocycles. The first-order chi connectivity index (χ1) is 14.1. The van der Waals surface area contributed by atoms with E-state index in [0.717, 1.165) is 12.1 Å². The number of esters is 1. The van der Waals surface area contributed by atoms with Gasteiger partial charge in [0.2, 0.25) is 0 Å². The van der Waals surface area contributed by atoms with E-state index in [1.165, 1.54) is 30.0 Å². The van der Waals surface area contributed by atoms with Crippen LogP contribution in [0.15, 0.2) is 53.1 Å². The van der Waals surface area contributed by atoms with Gasteiger partial charge in [-0.1, -0.05) is 36.2 Å². The number of carbonyl (C=O) groups excluding carboxylic acids is 1. The number of cyclic esters (lactones) is 1. The number of thioether (sulfide) groups is 1. The zero-order valence-electron chi connectivity index (χ0n) is 15.7. The maximum atomic E-state index is 12.7. The van der Waals surface area contributed by atoms with E-state index < -0.39 is 23.8 Å². The molecular weight excluding hydrogens is 460 g/mol. The number of benzene rings is 2. The predicted octanol–water partition coefficient (Wildman–Crippen LogP) is 7.03. The highest BCUT2D eigenvalue weighted by Gasteiger charge is 2.34. The fourth-order valence-corrected chi connectivity index (χ4v) is 4.50. The minimum Gasteiger partial charge on any atom is -0.511 e. The van der Waals surface area contributed by atoms with E-state index in [0.29, 0.717) is 21.2 Å². The molecule has 0 aliphatic carbocycles. The lowest BCUT2D eigenvalue weighted by atomic mass is 9.95. The summed E-state index contributed by atoms with van der Waals surface area (Å²) >= 11 is 13.4. The van der Waals surface area contributed by atoms with Gasteiger partial charge in [0.05, 0.1) is 10.6 Å². The van der Waals surface area contributed by atoms with Gasteiger partial charge in [0, 0.05) is 33.6 Å². The fraction of sp³-hybridized carbons (Fsp3) is 0.286. The largest absolute Gasteiger partial charge is 0.511 e. The van der Waals surface area contributed by atoms with Gasteiger partial charge >= 0.3 is 12.1 Å². The first-order valence-corrected chi connectivity index (χ1v) is 10.7. The summed E-state index contributed by atoms with van der Waals surface area (Å²) in [5, 5.41) is 11.1. The molecule has 2 aromatic rings. The van der Waals surface area contributed by atoms with E-state index in [1.54, 1.807) is 12.1 Å². The van der Waals surface area contributed by atoms with Gasteiger partial charge in [0.1, 0.15) is 17.4 Å². The molecule has 0 aromatic heterocycles. The van der Waals surface area contributed by atoms with Crippen LogP contribution in [-0.2, 0) is 15.7 Å². The van der Waals surface area contributed by atoms with Gasteiger partial charge < -0.3 is 9.84 Å². The van der Waals surface area contributed by atoms with Gasteiger partial charge in [0.15, 0.2) is 0 Å². The zero-order valence-corrected chi connectivity index (χ0v) is 18.0. The molecule has 3 nitrogen and oxygen atoms in total. The van der Waals surface area contributed by atoms with Crippen LogP contribution >= 0.6 is 35.0 Å². The number of hydrogen-bond acceptors (Lipinski definition) is 4. The molecular formula is C21H17Cl2F3O3S. The van der Waals surface area contributed by atoms with Gasteiger partial charge in [-0.25, -0.2) is 4.79 Å². The Balaban J connectivity index is 1.66. The first kappa shape index (κ1) is 22.8. The highest BCUT2D eigenvalue weighted by Crippen LogP contribution is 2.36. The third-order valence-corrected chi connectivity index (χ3v) is 6.52.